The van der Waals surface area contributed by atoms with Gasteiger partial charge in [0, 0.05) is 19.0 Å². The summed E-state index contributed by atoms with van der Waals surface area (Å²) in [6, 6.07) is 7.95. The van der Waals surface area contributed by atoms with Crippen molar-refractivity contribution in [1.29, 1.82) is 0 Å². The maximum absolute atomic E-state index is 11.8. The van der Waals surface area contributed by atoms with Crippen molar-refractivity contribution in [2.75, 3.05) is 31.0 Å². The summed E-state index contributed by atoms with van der Waals surface area (Å²) < 4.78 is 10.8. The number of benzene rings is 1. The molecule has 0 bridgehead atoms. The van der Waals surface area contributed by atoms with Crippen LogP contribution in [0.4, 0.5) is 11.5 Å². The zero-order valence-electron chi connectivity index (χ0n) is 15.7. The number of pyridine rings is 1. The van der Waals surface area contributed by atoms with Crippen LogP contribution in [0.3, 0.4) is 0 Å². The van der Waals surface area contributed by atoms with Crippen molar-refractivity contribution in [3.8, 4) is 11.5 Å². The van der Waals surface area contributed by atoms with Crippen LogP contribution in [0, 0.1) is 5.92 Å². The number of aromatic nitrogens is 1. The Balaban J connectivity index is 1.75. The molecule has 1 amide bonds. The van der Waals surface area contributed by atoms with Gasteiger partial charge in [-0.05, 0) is 41.8 Å². The molecule has 1 aliphatic heterocycles. The molecule has 1 aliphatic rings. The highest BCUT2D eigenvalue weighted by Crippen LogP contribution is 2.34. The molecule has 0 saturated heterocycles. The van der Waals surface area contributed by atoms with E-state index in [0.717, 1.165) is 36.7 Å². The molecule has 138 valence electrons. The Morgan fingerprint density at radius 1 is 1.15 bits per heavy atom. The van der Waals surface area contributed by atoms with E-state index in [1.54, 1.807) is 14.2 Å². The molecular weight excluding hydrogens is 330 g/mol. The molecule has 0 spiro atoms. The quantitative estimate of drug-likeness (QED) is 0.892. The summed E-state index contributed by atoms with van der Waals surface area (Å²) in [4.78, 5) is 18.4. The third-order valence-corrected chi connectivity index (χ3v) is 4.61. The smallest absolute Gasteiger partial charge is 0.228 e. The predicted molar refractivity (Wildman–Crippen MR) is 102 cm³/mol. The Morgan fingerprint density at radius 2 is 1.85 bits per heavy atom. The topological polar surface area (TPSA) is 63.7 Å². The van der Waals surface area contributed by atoms with Gasteiger partial charge in [0.15, 0.2) is 11.5 Å². The molecular formula is C20H25N3O3. The van der Waals surface area contributed by atoms with E-state index in [2.05, 4.69) is 21.3 Å². The van der Waals surface area contributed by atoms with E-state index in [9.17, 15) is 4.79 Å². The Labute approximate surface area is 154 Å². The minimum Gasteiger partial charge on any atom is -0.493 e. The first kappa shape index (κ1) is 18.0. The molecule has 6 heteroatoms. The number of rotatable bonds is 5. The summed E-state index contributed by atoms with van der Waals surface area (Å²) in [7, 11) is 3.31. The van der Waals surface area contributed by atoms with Gasteiger partial charge >= 0.3 is 0 Å². The van der Waals surface area contributed by atoms with Crippen LogP contribution >= 0.6 is 0 Å². The fourth-order valence-corrected chi connectivity index (χ4v) is 3.02. The third-order valence-electron chi connectivity index (χ3n) is 4.61. The zero-order chi connectivity index (χ0) is 18.7. The maximum Gasteiger partial charge on any atom is 0.228 e. The zero-order valence-corrected chi connectivity index (χ0v) is 15.7. The second-order valence-electron chi connectivity index (χ2n) is 6.69. The summed E-state index contributed by atoms with van der Waals surface area (Å²) >= 11 is 0. The number of ether oxygens (including phenoxy) is 2. The van der Waals surface area contributed by atoms with Gasteiger partial charge in [0.25, 0.3) is 0 Å². The van der Waals surface area contributed by atoms with Crippen molar-refractivity contribution in [2.24, 2.45) is 5.92 Å². The second kappa shape index (κ2) is 7.64. The van der Waals surface area contributed by atoms with Crippen molar-refractivity contribution in [3.63, 3.8) is 0 Å². The number of fused-ring (bicyclic) bond motifs is 1. The van der Waals surface area contributed by atoms with E-state index in [0.29, 0.717) is 5.82 Å². The minimum absolute atomic E-state index is 0.0295. The second-order valence-corrected chi connectivity index (χ2v) is 6.69. The van der Waals surface area contributed by atoms with Gasteiger partial charge in [-0.3, -0.25) is 4.79 Å². The van der Waals surface area contributed by atoms with Gasteiger partial charge in [0.2, 0.25) is 5.91 Å². The molecule has 0 unspecified atom stereocenters. The average Bonchev–Trinajstić information content (AvgIpc) is 2.66. The summed E-state index contributed by atoms with van der Waals surface area (Å²) in [5.41, 5.74) is 3.55. The molecule has 1 aromatic carbocycles. The standard InChI is InChI=1S/C20H25N3O3/c1-13(2)20(24)22-19-6-5-16(11-21-19)23-8-7-14-9-17(25-3)18(26-4)10-15(14)12-23/h5-6,9-11,13H,7-8,12H2,1-4H3,(H,21,22,24). The van der Waals surface area contributed by atoms with Gasteiger partial charge in [0.05, 0.1) is 26.1 Å². The summed E-state index contributed by atoms with van der Waals surface area (Å²) in [6.07, 6.45) is 2.74. The number of carbonyl (C=O) groups excluding carboxylic acids is 1. The molecule has 2 aromatic rings. The summed E-state index contributed by atoms with van der Waals surface area (Å²) in [5.74, 6) is 2.00. The lowest BCUT2D eigenvalue weighted by Gasteiger charge is -2.31. The average molecular weight is 355 g/mol. The molecule has 0 atom stereocenters. The van der Waals surface area contributed by atoms with Crippen molar-refractivity contribution in [1.82, 2.24) is 4.98 Å². The number of amides is 1. The number of anilines is 2. The maximum atomic E-state index is 11.8. The number of nitrogens with zero attached hydrogens (tertiary/aromatic N) is 2. The molecule has 0 fully saturated rings. The van der Waals surface area contributed by atoms with Crippen LogP contribution in [0.25, 0.3) is 0 Å². The SMILES string of the molecule is COc1cc2c(cc1OC)CN(c1ccc(NC(=O)C(C)C)nc1)CC2. The number of hydrogen-bond donors (Lipinski definition) is 1. The predicted octanol–water partition coefficient (Wildman–Crippen LogP) is 3.26. The summed E-state index contributed by atoms with van der Waals surface area (Å²) in [5, 5.41) is 2.82. The molecule has 0 saturated carbocycles. The monoisotopic (exact) mass is 355 g/mol. The van der Waals surface area contributed by atoms with Crippen molar-refractivity contribution >= 4 is 17.4 Å². The molecule has 0 radical (unpaired) electrons. The van der Waals surface area contributed by atoms with Gasteiger partial charge in [-0.2, -0.15) is 0 Å². The van der Waals surface area contributed by atoms with Crippen molar-refractivity contribution in [2.45, 2.75) is 26.8 Å². The number of carbonyl (C=O) groups is 1. The lowest BCUT2D eigenvalue weighted by molar-refractivity contribution is -0.118. The van der Waals surface area contributed by atoms with Gasteiger partial charge in [-0.25, -0.2) is 4.98 Å². The molecule has 1 N–H and O–H groups in total. The first-order valence-electron chi connectivity index (χ1n) is 8.77. The largest absolute Gasteiger partial charge is 0.493 e. The van der Waals surface area contributed by atoms with Crippen molar-refractivity contribution < 1.29 is 14.3 Å². The van der Waals surface area contributed by atoms with Crippen LogP contribution in [0.1, 0.15) is 25.0 Å². The fourth-order valence-electron chi connectivity index (χ4n) is 3.02. The van der Waals surface area contributed by atoms with Gasteiger partial charge in [-0.1, -0.05) is 13.8 Å². The molecule has 26 heavy (non-hydrogen) atoms. The van der Waals surface area contributed by atoms with E-state index in [4.69, 9.17) is 9.47 Å². The Hall–Kier alpha value is -2.76. The van der Waals surface area contributed by atoms with Crippen LogP contribution in [-0.2, 0) is 17.8 Å². The van der Waals surface area contributed by atoms with Crippen LogP contribution in [0.5, 0.6) is 11.5 Å². The Morgan fingerprint density at radius 3 is 2.42 bits per heavy atom. The highest BCUT2D eigenvalue weighted by Gasteiger charge is 2.20. The number of hydrogen-bond acceptors (Lipinski definition) is 5. The highest BCUT2D eigenvalue weighted by molar-refractivity contribution is 5.91. The van der Waals surface area contributed by atoms with E-state index < -0.39 is 0 Å². The number of methoxy groups -OCH3 is 2. The molecule has 3 rings (SSSR count). The van der Waals surface area contributed by atoms with E-state index >= 15 is 0 Å². The molecule has 6 nitrogen and oxygen atoms in total. The third kappa shape index (κ3) is 3.74. The van der Waals surface area contributed by atoms with Crippen molar-refractivity contribution in [3.05, 3.63) is 41.6 Å². The Bertz CT molecular complexity index is 788. The van der Waals surface area contributed by atoms with Gasteiger partial charge in [-0.15, -0.1) is 0 Å². The molecule has 2 heterocycles. The van der Waals surface area contributed by atoms with E-state index in [1.807, 2.05) is 38.2 Å². The highest BCUT2D eigenvalue weighted by atomic mass is 16.5. The van der Waals surface area contributed by atoms with Crippen LogP contribution in [0.15, 0.2) is 30.5 Å². The van der Waals surface area contributed by atoms with E-state index in [1.165, 1.54) is 11.1 Å². The fraction of sp³-hybridized carbons (Fsp3) is 0.400. The minimum atomic E-state index is -0.0676. The van der Waals surface area contributed by atoms with E-state index in [-0.39, 0.29) is 11.8 Å². The Kier molecular flexibility index (Phi) is 5.30. The first-order valence-corrected chi connectivity index (χ1v) is 8.77. The lowest BCUT2D eigenvalue weighted by atomic mass is 9.98. The van der Waals surface area contributed by atoms with Crippen LogP contribution < -0.4 is 19.7 Å². The summed E-state index contributed by atoms with van der Waals surface area (Å²) in [6.45, 7) is 5.41. The van der Waals surface area contributed by atoms with Crippen LogP contribution in [0.2, 0.25) is 0 Å². The molecule has 1 aromatic heterocycles. The lowest BCUT2D eigenvalue weighted by Crippen LogP contribution is -2.30. The normalized spacial score (nSPS) is 13.3. The molecule has 0 aliphatic carbocycles. The number of nitrogens with one attached hydrogen (secondary N) is 1. The van der Waals surface area contributed by atoms with Crippen LogP contribution in [-0.4, -0.2) is 31.7 Å². The van der Waals surface area contributed by atoms with Gasteiger partial charge < -0.3 is 19.7 Å². The van der Waals surface area contributed by atoms with Gasteiger partial charge in [0.1, 0.15) is 5.82 Å². The first-order chi connectivity index (χ1) is 12.5.